The average molecular weight is 454 g/mol. The molecule has 10 nitrogen and oxygen atoms in total. The summed E-state index contributed by atoms with van der Waals surface area (Å²) in [5.41, 5.74) is 1.27. The van der Waals surface area contributed by atoms with Gasteiger partial charge in [-0.05, 0) is 30.5 Å². The molecule has 0 amide bonds. The Morgan fingerprint density at radius 3 is 2.69 bits per heavy atom. The largest absolute Gasteiger partial charge is 0.462 e. The molecule has 0 radical (unpaired) electrons. The van der Waals surface area contributed by atoms with E-state index in [4.69, 9.17) is 4.74 Å². The van der Waals surface area contributed by atoms with Crippen molar-refractivity contribution in [2.45, 2.75) is 13.5 Å². The van der Waals surface area contributed by atoms with Gasteiger partial charge in [-0.25, -0.2) is 9.78 Å². The third-order valence-electron chi connectivity index (χ3n) is 5.72. The first-order valence-electron chi connectivity index (χ1n) is 10.5. The highest BCUT2D eigenvalue weighted by atomic mass is 32.1. The average Bonchev–Trinajstić information content (AvgIpc) is 3.46. The van der Waals surface area contributed by atoms with Gasteiger partial charge in [0.05, 0.1) is 24.2 Å². The number of hydrogen-bond donors (Lipinski definition) is 0. The maximum atomic E-state index is 12.5. The van der Waals surface area contributed by atoms with Gasteiger partial charge in [0.15, 0.2) is 5.82 Å². The van der Waals surface area contributed by atoms with Gasteiger partial charge in [0.25, 0.3) is 5.56 Å². The molecule has 0 aromatic carbocycles. The lowest BCUT2D eigenvalue weighted by Crippen LogP contribution is -2.46. The molecule has 0 saturated carbocycles. The summed E-state index contributed by atoms with van der Waals surface area (Å²) in [6.07, 6.45) is 1.57. The van der Waals surface area contributed by atoms with E-state index in [0.29, 0.717) is 29.2 Å². The minimum atomic E-state index is -0.353. The number of aryl methyl sites for hydroxylation is 1. The molecule has 0 spiro atoms. The molecule has 0 atom stereocenters. The maximum Gasteiger partial charge on any atom is 0.339 e. The van der Waals surface area contributed by atoms with Gasteiger partial charge in [0.2, 0.25) is 5.78 Å². The Balaban J connectivity index is 1.29. The van der Waals surface area contributed by atoms with Crippen LogP contribution in [-0.2, 0) is 18.3 Å². The first-order valence-corrected chi connectivity index (χ1v) is 11.4. The van der Waals surface area contributed by atoms with Crippen LogP contribution in [0.2, 0.25) is 0 Å². The van der Waals surface area contributed by atoms with Crippen molar-refractivity contribution in [2.75, 3.05) is 37.7 Å². The minimum absolute atomic E-state index is 0.0449. The number of rotatable bonds is 5. The van der Waals surface area contributed by atoms with E-state index in [1.807, 2.05) is 21.9 Å². The van der Waals surface area contributed by atoms with E-state index in [-0.39, 0.29) is 11.5 Å². The summed E-state index contributed by atoms with van der Waals surface area (Å²) in [5, 5.41) is 10.6. The van der Waals surface area contributed by atoms with Crippen molar-refractivity contribution in [3.05, 3.63) is 51.5 Å². The third-order valence-corrected chi connectivity index (χ3v) is 6.61. The van der Waals surface area contributed by atoms with E-state index in [1.54, 1.807) is 30.8 Å². The molecule has 11 heteroatoms. The fourth-order valence-electron chi connectivity index (χ4n) is 4.00. The molecule has 0 aliphatic carbocycles. The van der Waals surface area contributed by atoms with Gasteiger partial charge in [0.1, 0.15) is 10.5 Å². The van der Waals surface area contributed by atoms with Crippen molar-refractivity contribution in [3.8, 4) is 0 Å². The summed E-state index contributed by atoms with van der Waals surface area (Å²) in [5.74, 6) is 1.87. The minimum Gasteiger partial charge on any atom is -0.462 e. The molecular weight excluding hydrogens is 430 g/mol. The van der Waals surface area contributed by atoms with E-state index in [9.17, 15) is 9.59 Å². The summed E-state index contributed by atoms with van der Waals surface area (Å²) in [6, 6.07) is 5.57. The van der Waals surface area contributed by atoms with Crippen molar-refractivity contribution in [1.82, 2.24) is 29.0 Å². The molecular formula is C21H23N7O3S. The lowest BCUT2D eigenvalue weighted by atomic mass is 10.2. The molecule has 4 aromatic heterocycles. The Morgan fingerprint density at radius 2 is 1.97 bits per heavy atom. The van der Waals surface area contributed by atoms with E-state index in [1.165, 1.54) is 11.3 Å². The van der Waals surface area contributed by atoms with Crippen LogP contribution in [0.1, 0.15) is 23.1 Å². The molecule has 0 unspecified atom stereocenters. The van der Waals surface area contributed by atoms with Gasteiger partial charge in [-0.2, -0.15) is 0 Å². The smallest absolute Gasteiger partial charge is 0.339 e. The Labute approximate surface area is 187 Å². The molecule has 1 aliphatic heterocycles. The van der Waals surface area contributed by atoms with Gasteiger partial charge in [0, 0.05) is 39.4 Å². The van der Waals surface area contributed by atoms with E-state index >= 15 is 0 Å². The second-order valence-electron chi connectivity index (χ2n) is 7.64. The number of nitrogens with zero attached hydrogens (tertiary/aromatic N) is 7. The SMILES string of the molecule is CCOC(=O)c1ccc(N2CCN(Cc3nnc4n(C)c(=O)c5sccc5n34)CC2)nc1. The van der Waals surface area contributed by atoms with Crippen LogP contribution >= 0.6 is 11.3 Å². The first-order chi connectivity index (χ1) is 15.6. The molecule has 5 heterocycles. The van der Waals surface area contributed by atoms with Crippen LogP contribution in [0.15, 0.2) is 34.6 Å². The number of anilines is 1. The van der Waals surface area contributed by atoms with Gasteiger partial charge in [-0.15, -0.1) is 21.5 Å². The highest BCUT2D eigenvalue weighted by molar-refractivity contribution is 7.17. The molecule has 4 aromatic rings. The highest BCUT2D eigenvalue weighted by Gasteiger charge is 2.22. The van der Waals surface area contributed by atoms with Crippen LogP contribution in [0.4, 0.5) is 5.82 Å². The number of carbonyl (C=O) groups excluding carboxylic acids is 1. The molecule has 5 rings (SSSR count). The summed E-state index contributed by atoms with van der Waals surface area (Å²) in [7, 11) is 1.73. The second-order valence-corrected chi connectivity index (χ2v) is 8.56. The van der Waals surface area contributed by atoms with Crippen molar-refractivity contribution in [2.24, 2.45) is 7.05 Å². The predicted molar refractivity (Wildman–Crippen MR) is 121 cm³/mol. The summed E-state index contributed by atoms with van der Waals surface area (Å²) in [4.78, 5) is 33.3. The maximum absolute atomic E-state index is 12.5. The van der Waals surface area contributed by atoms with Crippen LogP contribution in [0.3, 0.4) is 0 Å². The number of carbonyl (C=O) groups is 1. The van der Waals surface area contributed by atoms with E-state index < -0.39 is 0 Å². The van der Waals surface area contributed by atoms with Crippen LogP contribution in [0.25, 0.3) is 16.0 Å². The van der Waals surface area contributed by atoms with Crippen LogP contribution in [-0.4, -0.2) is 67.8 Å². The number of pyridine rings is 1. The van der Waals surface area contributed by atoms with Crippen molar-refractivity contribution in [1.29, 1.82) is 0 Å². The Hall–Kier alpha value is -3.31. The van der Waals surface area contributed by atoms with Gasteiger partial charge >= 0.3 is 5.97 Å². The van der Waals surface area contributed by atoms with Crippen LogP contribution in [0, 0.1) is 0 Å². The van der Waals surface area contributed by atoms with Crippen molar-refractivity contribution in [3.63, 3.8) is 0 Å². The topological polar surface area (TPSA) is 97.9 Å². The molecule has 0 bridgehead atoms. The number of fused-ring (bicyclic) bond motifs is 3. The molecule has 1 saturated heterocycles. The molecule has 0 N–H and O–H groups in total. The number of piperazine rings is 1. The highest BCUT2D eigenvalue weighted by Crippen LogP contribution is 2.21. The van der Waals surface area contributed by atoms with E-state index in [2.05, 4.69) is 25.0 Å². The number of ether oxygens (including phenoxy) is 1. The monoisotopic (exact) mass is 453 g/mol. The summed E-state index contributed by atoms with van der Waals surface area (Å²) in [6.45, 7) is 6.09. The zero-order valence-corrected chi connectivity index (χ0v) is 18.7. The quantitative estimate of drug-likeness (QED) is 0.420. The summed E-state index contributed by atoms with van der Waals surface area (Å²) < 4.78 is 9.26. The van der Waals surface area contributed by atoms with Gasteiger partial charge in [-0.3, -0.25) is 18.7 Å². The Kier molecular flexibility index (Phi) is 5.35. The zero-order chi connectivity index (χ0) is 22.2. The van der Waals surface area contributed by atoms with Gasteiger partial charge in [-0.1, -0.05) is 0 Å². The van der Waals surface area contributed by atoms with Gasteiger partial charge < -0.3 is 9.64 Å². The number of thiophene rings is 1. The summed E-state index contributed by atoms with van der Waals surface area (Å²) >= 11 is 1.44. The van der Waals surface area contributed by atoms with Crippen molar-refractivity contribution < 1.29 is 9.53 Å². The number of esters is 1. The molecule has 32 heavy (non-hydrogen) atoms. The number of aromatic nitrogens is 5. The number of hydrogen-bond acceptors (Lipinski definition) is 9. The second kappa shape index (κ2) is 8.32. The molecule has 166 valence electrons. The molecule has 1 aliphatic rings. The zero-order valence-electron chi connectivity index (χ0n) is 17.9. The fourth-order valence-corrected chi connectivity index (χ4v) is 4.85. The fraction of sp³-hybridized carbons (Fsp3) is 0.381. The lowest BCUT2D eigenvalue weighted by Gasteiger charge is -2.35. The molecule has 1 fully saturated rings. The third kappa shape index (κ3) is 3.53. The first kappa shape index (κ1) is 20.6. The van der Waals surface area contributed by atoms with E-state index in [0.717, 1.165) is 43.3 Å². The standard InChI is InChI=1S/C21H23N7O3S/c1-3-31-20(30)14-4-5-16(22-12-14)27-9-7-26(8-10-27)13-17-23-24-21-25(2)19(29)18-15(28(17)21)6-11-32-18/h4-6,11-12H,3,7-10,13H2,1-2H3. The van der Waals surface area contributed by atoms with Crippen LogP contribution in [0.5, 0.6) is 0 Å². The lowest BCUT2D eigenvalue weighted by molar-refractivity contribution is 0.0526. The Morgan fingerprint density at radius 1 is 1.16 bits per heavy atom. The normalized spacial score (nSPS) is 15.0. The van der Waals surface area contributed by atoms with Crippen molar-refractivity contribution >= 4 is 39.1 Å². The van der Waals surface area contributed by atoms with Crippen LogP contribution < -0.4 is 10.5 Å². The predicted octanol–water partition coefficient (Wildman–Crippen LogP) is 1.54. The Bertz CT molecular complexity index is 1330.